The van der Waals surface area contributed by atoms with Crippen LogP contribution >= 0.6 is 0 Å². The third-order valence-electron chi connectivity index (χ3n) is 3.09. The number of nitrogens with one attached hydrogen (secondary N) is 2. The number of H-pyrrole nitrogens is 1. The van der Waals surface area contributed by atoms with Crippen LogP contribution in [-0.4, -0.2) is 29.3 Å². The Morgan fingerprint density at radius 3 is 3.05 bits per heavy atom. The highest BCUT2D eigenvalue weighted by Crippen LogP contribution is 2.17. The number of rotatable bonds is 2. The zero-order valence-electron chi connectivity index (χ0n) is 10.7. The van der Waals surface area contributed by atoms with Crippen molar-refractivity contribution < 1.29 is 0 Å². The molecular formula is C13H9N7O. The lowest BCUT2D eigenvalue weighted by molar-refractivity contribution is 1.04. The van der Waals surface area contributed by atoms with Gasteiger partial charge in [-0.15, -0.1) is 0 Å². The van der Waals surface area contributed by atoms with Crippen LogP contribution in [0.2, 0.25) is 0 Å². The molecule has 0 fully saturated rings. The number of hydrogen-bond acceptors (Lipinski definition) is 6. The Morgan fingerprint density at radius 2 is 2.10 bits per heavy atom. The van der Waals surface area contributed by atoms with Crippen molar-refractivity contribution in [3.8, 4) is 0 Å². The molecule has 102 valence electrons. The van der Waals surface area contributed by atoms with Gasteiger partial charge in [-0.2, -0.15) is 0 Å². The topological polar surface area (TPSA) is 101 Å². The molecule has 0 spiro atoms. The lowest BCUT2D eigenvalue weighted by atomic mass is 10.4. The summed E-state index contributed by atoms with van der Waals surface area (Å²) in [6.45, 7) is 0. The van der Waals surface area contributed by atoms with Gasteiger partial charge in [0.2, 0.25) is 0 Å². The van der Waals surface area contributed by atoms with Crippen LogP contribution in [0.4, 0.5) is 11.5 Å². The second-order valence-corrected chi connectivity index (χ2v) is 4.35. The third kappa shape index (κ3) is 1.81. The van der Waals surface area contributed by atoms with Gasteiger partial charge in [-0.05, 0) is 12.1 Å². The first-order valence-electron chi connectivity index (χ1n) is 6.20. The summed E-state index contributed by atoms with van der Waals surface area (Å²) in [5.74, 6) is 0.479. The Morgan fingerprint density at radius 1 is 1.14 bits per heavy atom. The maximum absolute atomic E-state index is 12.4. The van der Waals surface area contributed by atoms with Gasteiger partial charge in [-0.1, -0.05) is 6.07 Å². The average Bonchev–Trinajstić information content (AvgIpc) is 3.00. The Kier molecular flexibility index (Phi) is 2.40. The molecule has 0 aliphatic rings. The van der Waals surface area contributed by atoms with Gasteiger partial charge in [0.25, 0.3) is 5.56 Å². The molecule has 0 saturated carbocycles. The highest BCUT2D eigenvalue weighted by atomic mass is 16.1. The standard InChI is InChI=1S/C13H9N7O/c21-13-8(5-14-9-3-1-2-4-20(9)13)19-12-10-11(16-6-15-10)17-7-18-12/h1-7H,(H2,15,16,17,18,19). The minimum atomic E-state index is -0.202. The summed E-state index contributed by atoms with van der Waals surface area (Å²) in [5, 5.41) is 2.98. The van der Waals surface area contributed by atoms with Crippen LogP contribution in [0, 0.1) is 0 Å². The first-order valence-corrected chi connectivity index (χ1v) is 6.20. The molecule has 4 aromatic rings. The summed E-state index contributed by atoms with van der Waals surface area (Å²) in [4.78, 5) is 31.8. The molecule has 0 amide bonds. The van der Waals surface area contributed by atoms with Crippen LogP contribution in [0.15, 0.2) is 48.0 Å². The molecule has 8 nitrogen and oxygen atoms in total. The first kappa shape index (κ1) is 11.5. The first-order chi connectivity index (χ1) is 10.3. The van der Waals surface area contributed by atoms with Crippen molar-refractivity contribution in [1.82, 2.24) is 29.3 Å². The fraction of sp³-hybridized carbons (Fsp3) is 0. The van der Waals surface area contributed by atoms with Crippen molar-refractivity contribution in [3.63, 3.8) is 0 Å². The van der Waals surface area contributed by atoms with Crippen molar-refractivity contribution in [3.05, 3.63) is 53.6 Å². The molecule has 0 aromatic carbocycles. The maximum Gasteiger partial charge on any atom is 0.281 e. The molecule has 0 bridgehead atoms. The van der Waals surface area contributed by atoms with Gasteiger partial charge in [0, 0.05) is 6.20 Å². The van der Waals surface area contributed by atoms with E-state index in [-0.39, 0.29) is 5.56 Å². The summed E-state index contributed by atoms with van der Waals surface area (Å²) in [7, 11) is 0. The van der Waals surface area contributed by atoms with Crippen molar-refractivity contribution in [1.29, 1.82) is 0 Å². The molecule has 0 aliphatic carbocycles. The van der Waals surface area contributed by atoms with E-state index in [1.165, 1.54) is 23.3 Å². The molecule has 4 rings (SSSR count). The average molecular weight is 279 g/mol. The second-order valence-electron chi connectivity index (χ2n) is 4.35. The number of aromatic nitrogens is 6. The van der Waals surface area contributed by atoms with Crippen LogP contribution in [-0.2, 0) is 0 Å². The Bertz CT molecular complexity index is 1000. The van der Waals surface area contributed by atoms with Crippen LogP contribution in [0.5, 0.6) is 0 Å². The lowest BCUT2D eigenvalue weighted by Crippen LogP contribution is -2.18. The molecule has 2 N–H and O–H groups in total. The minimum Gasteiger partial charge on any atom is -0.340 e. The quantitative estimate of drug-likeness (QED) is 0.570. The monoisotopic (exact) mass is 279 g/mol. The molecule has 4 aromatic heterocycles. The predicted molar refractivity (Wildman–Crippen MR) is 76.4 cm³/mol. The molecule has 0 unspecified atom stereocenters. The normalized spacial score (nSPS) is 11.0. The SMILES string of the molecule is O=c1c(Nc2ncnc3nc[nH]c23)cnc2ccccn12. The van der Waals surface area contributed by atoms with Gasteiger partial charge < -0.3 is 10.3 Å². The van der Waals surface area contributed by atoms with E-state index in [9.17, 15) is 4.79 Å². The highest BCUT2D eigenvalue weighted by molar-refractivity contribution is 5.84. The van der Waals surface area contributed by atoms with Gasteiger partial charge in [-0.3, -0.25) is 9.20 Å². The molecule has 4 heterocycles. The molecule has 0 aliphatic heterocycles. The lowest BCUT2D eigenvalue weighted by Gasteiger charge is -2.06. The summed E-state index contributed by atoms with van der Waals surface area (Å²) in [6.07, 6.45) is 6.07. The second kappa shape index (κ2) is 4.37. The number of nitrogens with zero attached hydrogens (tertiary/aromatic N) is 5. The summed E-state index contributed by atoms with van der Waals surface area (Å²) in [6, 6.07) is 5.37. The van der Waals surface area contributed by atoms with E-state index in [4.69, 9.17) is 0 Å². The summed E-state index contributed by atoms with van der Waals surface area (Å²) in [5.41, 5.74) is 1.87. The number of imidazole rings is 1. The Balaban J connectivity index is 1.86. The molecule has 8 heteroatoms. The number of hydrogen-bond donors (Lipinski definition) is 2. The van der Waals surface area contributed by atoms with E-state index < -0.39 is 0 Å². The zero-order valence-corrected chi connectivity index (χ0v) is 10.7. The van der Waals surface area contributed by atoms with Gasteiger partial charge in [0.15, 0.2) is 11.5 Å². The van der Waals surface area contributed by atoms with Crippen molar-refractivity contribution in [2.24, 2.45) is 0 Å². The van der Waals surface area contributed by atoms with Crippen LogP contribution in [0.1, 0.15) is 0 Å². The van der Waals surface area contributed by atoms with Gasteiger partial charge in [-0.25, -0.2) is 19.9 Å². The third-order valence-corrected chi connectivity index (χ3v) is 3.09. The zero-order chi connectivity index (χ0) is 14.2. The fourth-order valence-electron chi connectivity index (χ4n) is 2.10. The van der Waals surface area contributed by atoms with E-state index in [0.717, 1.165) is 0 Å². The van der Waals surface area contributed by atoms with E-state index in [0.29, 0.717) is 28.3 Å². The molecule has 0 atom stereocenters. The summed E-state index contributed by atoms with van der Waals surface area (Å²) >= 11 is 0. The number of fused-ring (bicyclic) bond motifs is 2. The Labute approximate surface area is 117 Å². The maximum atomic E-state index is 12.4. The van der Waals surface area contributed by atoms with Crippen LogP contribution in [0.25, 0.3) is 16.8 Å². The Hall–Kier alpha value is -3.29. The number of anilines is 2. The largest absolute Gasteiger partial charge is 0.340 e. The van der Waals surface area contributed by atoms with Crippen LogP contribution in [0.3, 0.4) is 0 Å². The van der Waals surface area contributed by atoms with Crippen molar-refractivity contribution in [2.45, 2.75) is 0 Å². The van der Waals surface area contributed by atoms with E-state index >= 15 is 0 Å². The van der Waals surface area contributed by atoms with Crippen molar-refractivity contribution in [2.75, 3.05) is 5.32 Å². The smallest absolute Gasteiger partial charge is 0.281 e. The van der Waals surface area contributed by atoms with Crippen LogP contribution < -0.4 is 10.9 Å². The van der Waals surface area contributed by atoms with E-state index in [2.05, 4.69) is 30.2 Å². The number of pyridine rings is 1. The van der Waals surface area contributed by atoms with E-state index in [1.54, 1.807) is 18.3 Å². The minimum absolute atomic E-state index is 0.202. The van der Waals surface area contributed by atoms with Gasteiger partial charge in [0.05, 0.1) is 12.5 Å². The summed E-state index contributed by atoms with van der Waals surface area (Å²) < 4.78 is 1.47. The van der Waals surface area contributed by atoms with E-state index in [1.807, 2.05) is 6.07 Å². The van der Waals surface area contributed by atoms with Crippen molar-refractivity contribution >= 4 is 28.3 Å². The van der Waals surface area contributed by atoms with Gasteiger partial charge >= 0.3 is 0 Å². The highest BCUT2D eigenvalue weighted by Gasteiger charge is 2.09. The fourth-order valence-corrected chi connectivity index (χ4v) is 2.10. The van der Waals surface area contributed by atoms with Gasteiger partial charge in [0.1, 0.15) is 23.2 Å². The molecular weight excluding hydrogens is 270 g/mol. The molecule has 0 radical (unpaired) electrons. The molecule has 21 heavy (non-hydrogen) atoms. The molecule has 0 saturated heterocycles. The number of aromatic amines is 1. The predicted octanol–water partition coefficient (Wildman–Crippen LogP) is 1.10.